The van der Waals surface area contributed by atoms with Gasteiger partial charge in [-0.05, 0) is 19.0 Å². The van der Waals surface area contributed by atoms with Gasteiger partial charge in [-0.2, -0.15) is 18.4 Å². The fourth-order valence-corrected chi connectivity index (χ4v) is 1.67. The van der Waals surface area contributed by atoms with Gasteiger partial charge in [-0.3, -0.25) is 0 Å². The van der Waals surface area contributed by atoms with Crippen molar-refractivity contribution >= 4 is 12.4 Å². The van der Waals surface area contributed by atoms with Gasteiger partial charge in [0, 0.05) is 12.6 Å². The molecule has 1 atom stereocenters. The van der Waals surface area contributed by atoms with Crippen LogP contribution in [0.15, 0.2) is 12.1 Å². The number of ether oxygens (including phenoxy) is 1. The molecule has 1 aromatic rings. The molecule has 0 unspecified atom stereocenters. The Kier molecular flexibility index (Phi) is 4.97. The molecule has 2 heterocycles. The van der Waals surface area contributed by atoms with Crippen molar-refractivity contribution in [1.82, 2.24) is 10.3 Å². The molecule has 1 saturated heterocycles. The van der Waals surface area contributed by atoms with Crippen molar-refractivity contribution in [1.29, 1.82) is 5.26 Å². The van der Waals surface area contributed by atoms with Crippen molar-refractivity contribution in [2.24, 2.45) is 0 Å². The Morgan fingerprint density at radius 3 is 2.68 bits per heavy atom. The molecule has 0 aromatic carbocycles. The maximum atomic E-state index is 12.6. The van der Waals surface area contributed by atoms with E-state index in [1.165, 1.54) is 6.07 Å². The summed E-state index contributed by atoms with van der Waals surface area (Å²) in [7, 11) is 0. The first-order chi connectivity index (χ1) is 8.49. The minimum Gasteiger partial charge on any atom is -0.473 e. The Morgan fingerprint density at radius 2 is 2.16 bits per heavy atom. The van der Waals surface area contributed by atoms with Gasteiger partial charge in [-0.1, -0.05) is 0 Å². The first-order valence-electron chi connectivity index (χ1n) is 5.36. The van der Waals surface area contributed by atoms with E-state index in [9.17, 15) is 13.2 Å². The SMILES string of the molecule is Cl.N#Cc1cc(O[C@@H]2CCNC2)nc(C(F)(F)F)c1. The van der Waals surface area contributed by atoms with Crippen molar-refractivity contribution < 1.29 is 17.9 Å². The van der Waals surface area contributed by atoms with E-state index in [1.54, 1.807) is 6.07 Å². The summed E-state index contributed by atoms with van der Waals surface area (Å²) in [5.74, 6) is -0.157. The smallest absolute Gasteiger partial charge is 0.433 e. The quantitative estimate of drug-likeness (QED) is 0.907. The summed E-state index contributed by atoms with van der Waals surface area (Å²) >= 11 is 0. The molecule has 4 nitrogen and oxygen atoms in total. The highest BCUT2D eigenvalue weighted by molar-refractivity contribution is 5.85. The highest BCUT2D eigenvalue weighted by Crippen LogP contribution is 2.30. The van der Waals surface area contributed by atoms with Crippen LogP contribution in [0.5, 0.6) is 5.88 Å². The maximum absolute atomic E-state index is 12.6. The molecule has 2 rings (SSSR count). The van der Waals surface area contributed by atoms with Crippen LogP contribution in [0.1, 0.15) is 17.7 Å². The Morgan fingerprint density at radius 1 is 1.42 bits per heavy atom. The van der Waals surface area contributed by atoms with Gasteiger partial charge in [0.2, 0.25) is 5.88 Å². The van der Waals surface area contributed by atoms with E-state index in [-0.39, 0.29) is 30.0 Å². The lowest BCUT2D eigenvalue weighted by Crippen LogP contribution is -2.21. The number of hydrogen-bond donors (Lipinski definition) is 1. The predicted octanol–water partition coefficient (Wildman–Crippen LogP) is 2.13. The summed E-state index contributed by atoms with van der Waals surface area (Å²) in [5.41, 5.74) is -1.22. The Balaban J connectivity index is 0.00000180. The average Bonchev–Trinajstić information content (AvgIpc) is 2.80. The number of nitriles is 1. The molecule has 0 radical (unpaired) electrons. The zero-order valence-corrected chi connectivity index (χ0v) is 10.5. The zero-order chi connectivity index (χ0) is 13.2. The molecule has 1 aliphatic heterocycles. The first-order valence-corrected chi connectivity index (χ1v) is 5.36. The van der Waals surface area contributed by atoms with Crippen LogP contribution in [-0.2, 0) is 6.18 Å². The lowest BCUT2D eigenvalue weighted by molar-refractivity contribution is -0.141. The molecule has 1 fully saturated rings. The standard InChI is InChI=1S/C11H10F3N3O.ClH/c12-11(13,14)9-3-7(5-15)4-10(17-9)18-8-1-2-16-6-8;/h3-4,8,16H,1-2,6H2;1H/t8-;/m1./s1. The normalized spacial score (nSPS) is 18.5. The molecule has 1 N–H and O–H groups in total. The molecular formula is C11H11ClF3N3O. The van der Waals surface area contributed by atoms with Gasteiger partial charge in [0.25, 0.3) is 0 Å². The van der Waals surface area contributed by atoms with Gasteiger partial charge in [-0.15, -0.1) is 12.4 Å². The van der Waals surface area contributed by atoms with Gasteiger partial charge in [0.1, 0.15) is 11.8 Å². The Labute approximate surface area is 114 Å². The van der Waals surface area contributed by atoms with E-state index in [0.717, 1.165) is 6.54 Å². The fraction of sp³-hybridized carbons (Fsp3) is 0.455. The summed E-state index contributed by atoms with van der Waals surface area (Å²) in [5, 5.41) is 11.7. The lowest BCUT2D eigenvalue weighted by atomic mass is 10.2. The largest absolute Gasteiger partial charge is 0.473 e. The van der Waals surface area contributed by atoms with Crippen molar-refractivity contribution in [2.75, 3.05) is 13.1 Å². The summed E-state index contributed by atoms with van der Waals surface area (Å²) < 4.78 is 43.0. The van der Waals surface area contributed by atoms with E-state index >= 15 is 0 Å². The zero-order valence-electron chi connectivity index (χ0n) is 9.70. The summed E-state index contributed by atoms with van der Waals surface area (Å²) in [6.07, 6.45) is -4.08. The number of nitrogens with zero attached hydrogens (tertiary/aromatic N) is 2. The van der Waals surface area contributed by atoms with Gasteiger partial charge < -0.3 is 10.1 Å². The molecule has 0 bridgehead atoms. The van der Waals surface area contributed by atoms with Crippen LogP contribution in [0, 0.1) is 11.3 Å². The van der Waals surface area contributed by atoms with Crippen LogP contribution in [0.2, 0.25) is 0 Å². The Bertz CT molecular complexity index is 481. The number of aromatic nitrogens is 1. The van der Waals surface area contributed by atoms with E-state index in [1.807, 2.05) is 0 Å². The molecule has 0 spiro atoms. The topological polar surface area (TPSA) is 57.9 Å². The average molecular weight is 294 g/mol. The molecule has 8 heteroatoms. The maximum Gasteiger partial charge on any atom is 0.433 e. The van der Waals surface area contributed by atoms with Crippen molar-refractivity contribution in [2.45, 2.75) is 18.7 Å². The van der Waals surface area contributed by atoms with Crippen LogP contribution in [-0.4, -0.2) is 24.2 Å². The Hall–Kier alpha value is -1.52. The summed E-state index contributed by atoms with van der Waals surface area (Å²) in [4.78, 5) is 3.39. The van der Waals surface area contributed by atoms with Crippen LogP contribution < -0.4 is 10.1 Å². The van der Waals surface area contributed by atoms with Crippen molar-refractivity contribution in [3.63, 3.8) is 0 Å². The minimum atomic E-state index is -4.58. The van der Waals surface area contributed by atoms with E-state index < -0.39 is 11.9 Å². The second kappa shape index (κ2) is 6.08. The molecular weight excluding hydrogens is 283 g/mol. The van der Waals surface area contributed by atoms with Crippen molar-refractivity contribution in [3.8, 4) is 11.9 Å². The number of rotatable bonds is 2. The number of alkyl halides is 3. The van der Waals surface area contributed by atoms with E-state index in [0.29, 0.717) is 19.0 Å². The molecule has 0 aliphatic carbocycles. The van der Waals surface area contributed by atoms with Crippen LogP contribution >= 0.6 is 12.4 Å². The highest BCUT2D eigenvalue weighted by atomic mass is 35.5. The van der Waals surface area contributed by atoms with Crippen LogP contribution in [0.4, 0.5) is 13.2 Å². The van der Waals surface area contributed by atoms with Crippen LogP contribution in [0.3, 0.4) is 0 Å². The number of hydrogen-bond acceptors (Lipinski definition) is 4. The summed E-state index contributed by atoms with van der Waals surface area (Å²) in [6, 6.07) is 3.59. The van der Waals surface area contributed by atoms with Crippen molar-refractivity contribution in [3.05, 3.63) is 23.4 Å². The highest BCUT2D eigenvalue weighted by Gasteiger charge is 2.33. The fourth-order valence-electron chi connectivity index (χ4n) is 1.67. The molecule has 0 saturated carbocycles. The first kappa shape index (κ1) is 15.5. The van der Waals surface area contributed by atoms with E-state index in [2.05, 4.69) is 10.3 Å². The molecule has 19 heavy (non-hydrogen) atoms. The molecule has 0 amide bonds. The van der Waals surface area contributed by atoms with Gasteiger partial charge in [0.15, 0.2) is 0 Å². The van der Waals surface area contributed by atoms with E-state index in [4.69, 9.17) is 10.00 Å². The molecule has 104 valence electrons. The lowest BCUT2D eigenvalue weighted by Gasteiger charge is -2.13. The van der Waals surface area contributed by atoms with Gasteiger partial charge in [0.05, 0.1) is 11.6 Å². The number of nitrogens with one attached hydrogen (secondary N) is 1. The monoisotopic (exact) mass is 293 g/mol. The second-order valence-corrected chi connectivity index (χ2v) is 3.92. The third-order valence-corrected chi connectivity index (χ3v) is 2.52. The number of pyridine rings is 1. The number of halogens is 4. The third-order valence-electron chi connectivity index (χ3n) is 2.52. The molecule has 1 aliphatic rings. The van der Waals surface area contributed by atoms with Gasteiger partial charge in [-0.25, -0.2) is 4.98 Å². The summed E-state index contributed by atoms with van der Waals surface area (Å²) in [6.45, 7) is 1.33. The predicted molar refractivity (Wildman–Crippen MR) is 63.1 cm³/mol. The third kappa shape index (κ3) is 3.98. The molecule has 1 aromatic heterocycles. The van der Waals surface area contributed by atoms with Gasteiger partial charge >= 0.3 is 6.18 Å². The second-order valence-electron chi connectivity index (χ2n) is 3.92. The van der Waals surface area contributed by atoms with Crippen LogP contribution in [0.25, 0.3) is 0 Å². The minimum absolute atomic E-state index is 0.